The van der Waals surface area contributed by atoms with Gasteiger partial charge < -0.3 is 59.2 Å². The number of primary amides is 2. The van der Waals surface area contributed by atoms with Gasteiger partial charge >= 0.3 is 0 Å². The third-order valence-electron chi connectivity index (χ3n) is 9.73. The first-order valence-electron chi connectivity index (χ1n) is 19.4. The van der Waals surface area contributed by atoms with Crippen LogP contribution in [-0.2, 0) is 51.2 Å². The number of guanidine groups is 1. The molecule has 5 amide bonds. The highest BCUT2D eigenvalue weighted by Gasteiger charge is 2.35. The van der Waals surface area contributed by atoms with Crippen LogP contribution in [0.2, 0.25) is 0 Å². The van der Waals surface area contributed by atoms with E-state index in [0.717, 1.165) is 0 Å². The summed E-state index contributed by atoms with van der Waals surface area (Å²) in [7, 11) is 0. The van der Waals surface area contributed by atoms with Gasteiger partial charge in [-0.3, -0.25) is 43.3 Å². The van der Waals surface area contributed by atoms with Crippen molar-refractivity contribution < 1.29 is 53.7 Å². The number of aromatic amines is 1. The molecular weight excluding hydrogens is 784 g/mol. The number of aliphatic hydroxyl groups excluding tert-OH is 2. The Balaban J connectivity index is 2.36. The van der Waals surface area contributed by atoms with Crippen LogP contribution in [0.5, 0.6) is 5.75 Å². The number of nitrogens with one attached hydrogen (secondary N) is 4. The Hall–Kier alpha value is -6.22. The third-order valence-corrected chi connectivity index (χ3v) is 9.73. The number of Topliss-reactive ketones (excluding diaryl/α,β-unsaturated/α-hetero) is 3. The summed E-state index contributed by atoms with van der Waals surface area (Å²) in [4.78, 5) is 116. The Labute approximate surface area is 346 Å². The van der Waals surface area contributed by atoms with Gasteiger partial charge in [0.25, 0.3) is 0 Å². The lowest BCUT2D eigenvalue weighted by atomic mass is 9.88. The van der Waals surface area contributed by atoms with Crippen LogP contribution in [0.3, 0.4) is 0 Å². The van der Waals surface area contributed by atoms with Crippen LogP contribution in [0.25, 0.3) is 0 Å². The topological polar surface area (TPSA) is 378 Å². The number of nitrogens with two attached hydrogens (primary N) is 4. The first kappa shape index (κ1) is 49.9. The second-order valence-corrected chi connectivity index (χ2v) is 14.9. The Morgan fingerprint density at radius 3 is 1.93 bits per heavy atom. The summed E-state index contributed by atoms with van der Waals surface area (Å²) in [6.07, 6.45) is -0.516. The van der Waals surface area contributed by atoms with Crippen molar-refractivity contribution in [3.8, 4) is 5.75 Å². The summed E-state index contributed by atoms with van der Waals surface area (Å²) in [6, 6.07) is 1.58. The van der Waals surface area contributed by atoms with Crippen molar-refractivity contribution >= 4 is 52.8 Å². The van der Waals surface area contributed by atoms with Crippen LogP contribution in [0.1, 0.15) is 70.6 Å². The van der Waals surface area contributed by atoms with E-state index in [1.165, 1.54) is 57.6 Å². The van der Waals surface area contributed by atoms with Gasteiger partial charge in [0.15, 0.2) is 23.3 Å². The quantitative estimate of drug-likeness (QED) is 0.0240. The number of phenols is 1. The van der Waals surface area contributed by atoms with E-state index < -0.39 is 121 Å². The fourth-order valence-electron chi connectivity index (χ4n) is 6.15. The molecule has 0 saturated carbocycles. The number of imidazole rings is 1. The number of phenolic OH excluding ortho intramolecular Hbond substituents is 1. The number of H-pyrrole nitrogens is 1. The van der Waals surface area contributed by atoms with E-state index in [1.807, 2.05) is 0 Å². The van der Waals surface area contributed by atoms with Crippen LogP contribution in [0, 0.1) is 23.7 Å². The van der Waals surface area contributed by atoms with Gasteiger partial charge in [-0.05, 0) is 50.8 Å². The number of aliphatic hydroxyl groups is 2. The molecule has 0 spiro atoms. The van der Waals surface area contributed by atoms with Crippen molar-refractivity contribution in [2.75, 3.05) is 13.2 Å². The monoisotopic (exact) mass is 842 g/mol. The molecule has 21 heteroatoms. The van der Waals surface area contributed by atoms with Gasteiger partial charge in [0.1, 0.15) is 11.8 Å². The Bertz CT molecular complexity index is 1810. The van der Waals surface area contributed by atoms with E-state index in [9.17, 15) is 53.7 Å². The molecule has 0 aliphatic rings. The first-order chi connectivity index (χ1) is 28.2. The number of hydrogen-bond donors (Lipinski definition) is 11. The molecule has 1 aromatic carbocycles. The fraction of sp³-hybridized carbons (Fsp3) is 0.538. The first-order valence-corrected chi connectivity index (χ1v) is 19.4. The molecule has 0 saturated heterocycles. The van der Waals surface area contributed by atoms with Crippen molar-refractivity contribution in [3.05, 3.63) is 48.0 Å². The lowest BCUT2D eigenvalue weighted by Crippen LogP contribution is -2.51. The normalized spacial score (nSPS) is 15.1. The number of nitrogens with zero attached hydrogens (tertiary/aromatic N) is 2. The predicted octanol–water partition coefficient (Wildman–Crippen LogP) is -2.48. The molecule has 330 valence electrons. The molecular formula is C39H58N10O11. The number of aliphatic imine (C=N–C) groups is 1. The molecule has 0 fully saturated rings. The molecule has 8 atom stereocenters. The number of aromatic nitrogens is 2. The molecule has 1 heterocycles. The number of carbonyl (C=O) groups excluding carboxylic acids is 8. The van der Waals surface area contributed by atoms with Crippen molar-refractivity contribution in [2.45, 2.75) is 96.4 Å². The molecule has 0 bridgehead atoms. The van der Waals surface area contributed by atoms with Crippen molar-refractivity contribution in [1.82, 2.24) is 25.9 Å². The van der Waals surface area contributed by atoms with Gasteiger partial charge in [-0.25, -0.2) is 4.98 Å². The molecule has 1 aromatic heterocycles. The Morgan fingerprint density at radius 1 is 0.767 bits per heavy atom. The summed E-state index contributed by atoms with van der Waals surface area (Å²) >= 11 is 0. The average molecular weight is 843 g/mol. The number of benzene rings is 1. The van der Waals surface area contributed by atoms with Gasteiger partial charge in [0, 0.05) is 56.0 Å². The van der Waals surface area contributed by atoms with E-state index in [4.69, 9.17) is 22.9 Å². The number of rotatable bonds is 28. The van der Waals surface area contributed by atoms with Crippen molar-refractivity contribution in [1.29, 1.82) is 0 Å². The molecule has 0 unspecified atom stereocenters. The van der Waals surface area contributed by atoms with Gasteiger partial charge in [0.2, 0.25) is 29.5 Å². The zero-order chi connectivity index (χ0) is 45.1. The van der Waals surface area contributed by atoms with Gasteiger partial charge in [-0.1, -0.05) is 19.1 Å². The van der Waals surface area contributed by atoms with Crippen LogP contribution in [0.4, 0.5) is 0 Å². The van der Waals surface area contributed by atoms with Crippen LogP contribution in [-0.4, -0.2) is 116 Å². The fourth-order valence-corrected chi connectivity index (χ4v) is 6.15. The molecule has 21 nitrogen and oxygen atoms in total. The van der Waals surface area contributed by atoms with Crippen LogP contribution >= 0.6 is 0 Å². The zero-order valence-electron chi connectivity index (χ0n) is 34.0. The number of amides is 5. The standard InChI is InChI=1S/C39H58N10O11/c1-20(18-50)36(58)49-34(22(3)51)32(55)13-24(5-4-10-45-39(42)43)37(59)48-29(16-33(40)56)31(54)15-26(11-23-6-8-28(52)9-7-23)38(60)47-21(2)30(53)14-25(35(41)57)12-27-17-44-19-46-27/h6-9,17,19-22,24-26,29,34,50-52H,4-5,10-16,18H2,1-3H3,(H2,40,56)(H2,41,57)(H,44,46)(H,47,60)(H,48,59)(H,49,58)(H4,42,43,45)/t20-,21-,22+,24+,25+,26+,29-,34-/m0/s1. The molecule has 0 radical (unpaired) electrons. The SMILES string of the molecule is C[C@H](NC(=O)[C@@H](CC(=O)[C@H](CC(N)=O)NC(=O)[C@H](CCCN=C(N)N)CC(=O)[C@@H](NC(=O)[C@@H](C)CO)[C@@H](C)O)Cc1ccc(O)cc1)C(=O)C[C@@H](Cc1cnc[nH]1)C(N)=O. The lowest BCUT2D eigenvalue weighted by molar-refractivity contribution is -0.137. The number of hydrogen-bond acceptors (Lipinski definition) is 13. The number of ketones is 3. The van der Waals surface area contributed by atoms with E-state index in [2.05, 4.69) is 30.9 Å². The second kappa shape index (κ2) is 24.6. The lowest BCUT2D eigenvalue weighted by Gasteiger charge is -2.26. The van der Waals surface area contributed by atoms with Crippen LogP contribution < -0.4 is 38.9 Å². The Morgan fingerprint density at radius 2 is 1.38 bits per heavy atom. The number of aromatic hydroxyl groups is 1. The summed E-state index contributed by atoms with van der Waals surface area (Å²) < 4.78 is 0. The number of carbonyl (C=O) groups is 8. The van der Waals surface area contributed by atoms with E-state index in [0.29, 0.717) is 11.3 Å². The average Bonchev–Trinajstić information content (AvgIpc) is 3.70. The smallest absolute Gasteiger partial charge is 0.225 e. The zero-order valence-corrected chi connectivity index (χ0v) is 34.0. The summed E-state index contributed by atoms with van der Waals surface area (Å²) in [5.41, 5.74) is 22.9. The van der Waals surface area contributed by atoms with E-state index >= 15 is 0 Å². The van der Waals surface area contributed by atoms with Crippen molar-refractivity contribution in [3.63, 3.8) is 0 Å². The maximum Gasteiger partial charge on any atom is 0.225 e. The van der Waals surface area contributed by atoms with Gasteiger partial charge in [-0.2, -0.15) is 0 Å². The maximum absolute atomic E-state index is 14.0. The van der Waals surface area contributed by atoms with E-state index in [-0.39, 0.29) is 50.4 Å². The summed E-state index contributed by atoms with van der Waals surface area (Å²) in [5, 5.41) is 37.0. The highest BCUT2D eigenvalue weighted by molar-refractivity contribution is 5.98. The largest absolute Gasteiger partial charge is 0.508 e. The van der Waals surface area contributed by atoms with Crippen molar-refractivity contribution in [2.24, 2.45) is 51.6 Å². The molecule has 0 aliphatic carbocycles. The molecule has 15 N–H and O–H groups in total. The highest BCUT2D eigenvalue weighted by Crippen LogP contribution is 2.21. The molecule has 0 aliphatic heterocycles. The molecule has 2 aromatic rings. The minimum atomic E-state index is -1.59. The predicted molar refractivity (Wildman–Crippen MR) is 216 cm³/mol. The third kappa shape index (κ3) is 17.3. The van der Waals surface area contributed by atoms with Crippen LogP contribution in [0.15, 0.2) is 41.8 Å². The second-order valence-electron chi connectivity index (χ2n) is 14.9. The maximum atomic E-state index is 14.0. The minimum Gasteiger partial charge on any atom is -0.508 e. The highest BCUT2D eigenvalue weighted by atomic mass is 16.3. The molecule has 60 heavy (non-hydrogen) atoms. The Kier molecular flexibility index (Phi) is 20.5. The van der Waals surface area contributed by atoms with Gasteiger partial charge in [-0.15, -0.1) is 0 Å². The molecule has 2 rings (SSSR count). The minimum absolute atomic E-state index is 0.0321. The van der Waals surface area contributed by atoms with E-state index in [1.54, 1.807) is 0 Å². The summed E-state index contributed by atoms with van der Waals surface area (Å²) in [6.45, 7) is 3.58. The van der Waals surface area contributed by atoms with Gasteiger partial charge in [0.05, 0.1) is 49.4 Å². The summed E-state index contributed by atoms with van der Waals surface area (Å²) in [5.74, 6) is -10.7.